The molecule has 2 saturated heterocycles. The van der Waals surface area contributed by atoms with Gasteiger partial charge in [-0.2, -0.15) is 0 Å². The molecule has 2 aliphatic heterocycles. The van der Waals surface area contributed by atoms with Gasteiger partial charge >= 0.3 is 0 Å². The topological polar surface area (TPSA) is 102 Å². The number of hydrogen-bond donors (Lipinski definition) is 0. The molecule has 9 nitrogen and oxygen atoms in total. The van der Waals surface area contributed by atoms with E-state index in [4.69, 9.17) is 9.57 Å². The number of hydroxylamine groups is 1. The van der Waals surface area contributed by atoms with Gasteiger partial charge in [0, 0.05) is 12.1 Å². The summed E-state index contributed by atoms with van der Waals surface area (Å²) in [7, 11) is 1.55. The highest BCUT2D eigenvalue weighted by Gasteiger charge is 2.59. The van der Waals surface area contributed by atoms with Gasteiger partial charge in [0.1, 0.15) is 11.7 Å². The van der Waals surface area contributed by atoms with E-state index in [1.54, 1.807) is 31.4 Å². The number of amides is 2. The lowest BCUT2D eigenvalue weighted by Crippen LogP contribution is -2.37. The zero-order valence-electron chi connectivity index (χ0n) is 18.5. The standard InChI is InChI=1S/C25H20BrN3O6/c1-34-20-11-10-16(12-19(20)26)22-21-23(35-28(22)17-8-5-9-18(13-17)29(32)33)25(31)27(24(21)30)14-15-6-3-2-4-7-15/h2-13,21-23H,14H2,1H3/t21-,22+,23+/m0/s1. The minimum Gasteiger partial charge on any atom is -0.496 e. The zero-order chi connectivity index (χ0) is 24.7. The van der Waals surface area contributed by atoms with Gasteiger partial charge in [0.05, 0.1) is 34.8 Å². The first-order valence-corrected chi connectivity index (χ1v) is 11.6. The van der Waals surface area contributed by atoms with Gasteiger partial charge in [-0.1, -0.05) is 42.5 Å². The number of nitro benzene ring substituents is 1. The van der Waals surface area contributed by atoms with E-state index >= 15 is 0 Å². The van der Waals surface area contributed by atoms with Crippen molar-refractivity contribution in [3.8, 4) is 5.75 Å². The Morgan fingerprint density at radius 2 is 1.80 bits per heavy atom. The molecule has 0 spiro atoms. The number of methoxy groups -OCH3 is 1. The van der Waals surface area contributed by atoms with Gasteiger partial charge in [-0.25, -0.2) is 5.06 Å². The van der Waals surface area contributed by atoms with Crippen molar-refractivity contribution in [2.24, 2.45) is 5.92 Å². The van der Waals surface area contributed by atoms with E-state index in [9.17, 15) is 19.7 Å². The van der Waals surface area contributed by atoms with Crippen molar-refractivity contribution in [1.82, 2.24) is 4.90 Å². The van der Waals surface area contributed by atoms with Crippen molar-refractivity contribution >= 4 is 39.1 Å². The Morgan fingerprint density at radius 3 is 2.49 bits per heavy atom. The Morgan fingerprint density at radius 1 is 1.03 bits per heavy atom. The molecule has 0 aliphatic carbocycles. The minimum absolute atomic E-state index is 0.124. The van der Waals surface area contributed by atoms with Crippen LogP contribution in [0.15, 0.2) is 77.3 Å². The van der Waals surface area contributed by atoms with Crippen LogP contribution < -0.4 is 9.80 Å². The van der Waals surface area contributed by atoms with Crippen molar-refractivity contribution < 1.29 is 24.1 Å². The van der Waals surface area contributed by atoms with Crippen molar-refractivity contribution in [1.29, 1.82) is 0 Å². The third kappa shape index (κ3) is 4.04. The summed E-state index contributed by atoms with van der Waals surface area (Å²) in [5.74, 6) is -1.01. The smallest absolute Gasteiger partial charge is 0.271 e. The molecule has 35 heavy (non-hydrogen) atoms. The second-order valence-electron chi connectivity index (χ2n) is 8.24. The van der Waals surface area contributed by atoms with Gasteiger partial charge in [-0.05, 0) is 45.3 Å². The number of nitro groups is 1. The van der Waals surface area contributed by atoms with E-state index in [0.717, 1.165) is 5.56 Å². The minimum atomic E-state index is -1.05. The number of benzene rings is 3. The number of rotatable bonds is 6. The third-order valence-corrected chi connectivity index (χ3v) is 6.82. The first kappa shape index (κ1) is 23.0. The summed E-state index contributed by atoms with van der Waals surface area (Å²) in [6, 6.07) is 19.8. The number of non-ortho nitro benzene ring substituents is 1. The fourth-order valence-corrected chi connectivity index (χ4v) is 5.12. The SMILES string of the molecule is COc1ccc([C@@H]2[C@@H]3C(=O)N(Cc4ccccc4)C(=O)[C@@H]3ON2c2cccc([N+](=O)[O-])c2)cc1Br. The van der Waals surface area contributed by atoms with Crippen LogP contribution in [-0.4, -0.2) is 34.9 Å². The summed E-state index contributed by atoms with van der Waals surface area (Å²) in [5, 5.41) is 12.8. The number of imide groups is 1. The molecule has 0 bridgehead atoms. The lowest BCUT2D eigenvalue weighted by atomic mass is 9.90. The maximum atomic E-state index is 13.6. The van der Waals surface area contributed by atoms with E-state index in [1.807, 2.05) is 30.3 Å². The molecular weight excluding hydrogens is 518 g/mol. The summed E-state index contributed by atoms with van der Waals surface area (Å²) >= 11 is 3.48. The molecule has 0 aromatic heterocycles. The molecular formula is C25H20BrN3O6. The van der Waals surface area contributed by atoms with Gasteiger partial charge in [0.15, 0.2) is 6.10 Å². The van der Waals surface area contributed by atoms with E-state index in [2.05, 4.69) is 15.9 Å². The van der Waals surface area contributed by atoms with Crippen molar-refractivity contribution in [2.75, 3.05) is 12.2 Å². The highest BCUT2D eigenvalue weighted by atomic mass is 79.9. The molecule has 5 rings (SSSR count). The van der Waals surface area contributed by atoms with Crippen LogP contribution in [0.25, 0.3) is 0 Å². The normalized spacial score (nSPS) is 21.4. The summed E-state index contributed by atoms with van der Waals surface area (Å²) in [4.78, 5) is 45.1. The molecule has 3 aromatic carbocycles. The predicted molar refractivity (Wildman–Crippen MR) is 129 cm³/mol. The fourth-order valence-electron chi connectivity index (χ4n) is 4.57. The van der Waals surface area contributed by atoms with Crippen LogP contribution in [0.1, 0.15) is 17.2 Å². The number of halogens is 1. The molecule has 2 aliphatic rings. The summed E-state index contributed by atoms with van der Waals surface area (Å²) in [6.45, 7) is 0.144. The predicted octanol–water partition coefficient (Wildman–Crippen LogP) is 4.41. The number of likely N-dealkylation sites (tertiary alicyclic amines) is 1. The average Bonchev–Trinajstić information content (AvgIpc) is 3.37. The molecule has 178 valence electrons. The van der Waals surface area contributed by atoms with Crippen LogP contribution in [0, 0.1) is 16.0 Å². The summed E-state index contributed by atoms with van der Waals surface area (Å²) in [5.41, 5.74) is 1.77. The lowest BCUT2D eigenvalue weighted by molar-refractivity contribution is -0.384. The van der Waals surface area contributed by atoms with Crippen LogP contribution in [-0.2, 0) is 21.0 Å². The Bertz CT molecular complexity index is 1320. The van der Waals surface area contributed by atoms with Gasteiger partial charge in [-0.3, -0.25) is 29.4 Å². The zero-order valence-corrected chi connectivity index (χ0v) is 20.1. The monoisotopic (exact) mass is 537 g/mol. The highest BCUT2D eigenvalue weighted by Crippen LogP contribution is 2.48. The Hall–Kier alpha value is -3.76. The van der Waals surface area contributed by atoms with Gasteiger partial charge in [0.25, 0.3) is 11.6 Å². The third-order valence-electron chi connectivity index (χ3n) is 6.20. The fraction of sp³-hybridized carbons (Fsp3) is 0.200. The number of carbonyl (C=O) groups excluding carboxylic acids is 2. The Kier molecular flexibility index (Phi) is 6.00. The highest BCUT2D eigenvalue weighted by molar-refractivity contribution is 9.10. The molecule has 3 aromatic rings. The average molecular weight is 538 g/mol. The number of fused-ring (bicyclic) bond motifs is 1. The van der Waals surface area contributed by atoms with Crippen LogP contribution >= 0.6 is 15.9 Å². The molecule has 2 amide bonds. The summed E-state index contributed by atoms with van der Waals surface area (Å²) in [6.07, 6.45) is -1.05. The van der Waals surface area contributed by atoms with E-state index < -0.39 is 28.9 Å². The molecule has 3 atom stereocenters. The second kappa shape index (κ2) is 9.12. The van der Waals surface area contributed by atoms with Crippen LogP contribution in [0.5, 0.6) is 5.75 Å². The Balaban J connectivity index is 1.56. The maximum Gasteiger partial charge on any atom is 0.271 e. The first-order valence-electron chi connectivity index (χ1n) is 10.8. The number of carbonyl (C=O) groups is 2. The van der Waals surface area contributed by atoms with Gasteiger partial charge in [-0.15, -0.1) is 0 Å². The molecule has 0 unspecified atom stereocenters. The molecule has 10 heteroatoms. The molecule has 0 N–H and O–H groups in total. The van der Waals surface area contributed by atoms with E-state index in [0.29, 0.717) is 21.5 Å². The molecule has 0 saturated carbocycles. The lowest BCUT2D eigenvalue weighted by Gasteiger charge is -2.29. The molecule has 0 radical (unpaired) electrons. The first-order chi connectivity index (χ1) is 16.9. The van der Waals surface area contributed by atoms with E-state index in [1.165, 1.54) is 28.2 Å². The van der Waals surface area contributed by atoms with Crippen molar-refractivity contribution in [3.63, 3.8) is 0 Å². The van der Waals surface area contributed by atoms with E-state index in [-0.39, 0.29) is 18.1 Å². The maximum absolute atomic E-state index is 13.6. The van der Waals surface area contributed by atoms with Crippen molar-refractivity contribution in [2.45, 2.75) is 18.7 Å². The van der Waals surface area contributed by atoms with Crippen molar-refractivity contribution in [3.05, 3.63) is 98.5 Å². The number of nitrogens with zero attached hydrogens (tertiary/aromatic N) is 3. The number of hydrogen-bond acceptors (Lipinski definition) is 7. The van der Waals surface area contributed by atoms with Crippen LogP contribution in [0.3, 0.4) is 0 Å². The summed E-state index contributed by atoms with van der Waals surface area (Å²) < 4.78 is 5.99. The largest absolute Gasteiger partial charge is 0.496 e. The van der Waals surface area contributed by atoms with Crippen LogP contribution in [0.2, 0.25) is 0 Å². The quantitative estimate of drug-likeness (QED) is 0.260. The number of ether oxygens (including phenoxy) is 1. The van der Waals surface area contributed by atoms with Gasteiger partial charge in [0.2, 0.25) is 5.91 Å². The molecule has 2 fully saturated rings. The Labute approximate surface area is 209 Å². The molecule has 2 heterocycles. The second-order valence-corrected chi connectivity index (χ2v) is 9.10. The number of anilines is 1. The van der Waals surface area contributed by atoms with Gasteiger partial charge < -0.3 is 4.74 Å². The van der Waals surface area contributed by atoms with Crippen LogP contribution in [0.4, 0.5) is 11.4 Å².